The fraction of sp³-hybridized carbons (Fsp3) is 0.500. The Hall–Kier alpha value is -3.19. The van der Waals surface area contributed by atoms with Crippen molar-refractivity contribution in [2.24, 2.45) is 17.6 Å². The Bertz CT molecular complexity index is 1170. The molecule has 0 aliphatic carbocycles. The molecule has 1 heterocycles. The van der Waals surface area contributed by atoms with Gasteiger partial charge in [-0.15, -0.1) is 0 Å². The third-order valence-electron chi connectivity index (χ3n) is 6.62. The van der Waals surface area contributed by atoms with Crippen LogP contribution in [0.3, 0.4) is 0 Å². The van der Waals surface area contributed by atoms with Crippen molar-refractivity contribution in [2.45, 2.75) is 66.8 Å². The number of imidazole rings is 1. The summed E-state index contributed by atoms with van der Waals surface area (Å²) in [5.41, 5.74) is 9.74. The molecule has 0 bridgehead atoms. The molecule has 0 atom stereocenters. The van der Waals surface area contributed by atoms with Gasteiger partial charge in [0.25, 0.3) is 5.91 Å². The average Bonchev–Trinajstić information content (AvgIpc) is 3.20. The van der Waals surface area contributed by atoms with Gasteiger partial charge in [-0.05, 0) is 93.5 Å². The quantitative estimate of drug-likeness (QED) is 0.199. The molecule has 37 heavy (non-hydrogen) atoms. The lowest BCUT2D eigenvalue weighted by atomic mass is 10.1. The highest BCUT2D eigenvalue weighted by molar-refractivity contribution is 5.98. The number of rotatable bonds is 14. The Kier molecular flexibility index (Phi) is 10.3. The predicted molar refractivity (Wildman–Crippen MR) is 153 cm³/mol. The zero-order chi connectivity index (χ0) is 26.9. The highest BCUT2D eigenvalue weighted by Crippen LogP contribution is 2.26. The zero-order valence-corrected chi connectivity index (χ0v) is 23.1. The minimum Gasteiger partial charge on any atom is -0.339 e. The number of ketones is 1. The molecular weight excluding hydrogens is 462 g/mol. The molecule has 1 amide bonds. The fourth-order valence-corrected chi connectivity index (χ4v) is 4.23. The summed E-state index contributed by atoms with van der Waals surface area (Å²) < 4.78 is 2.13. The van der Waals surface area contributed by atoms with Crippen LogP contribution in [0.15, 0.2) is 42.5 Å². The average molecular weight is 506 g/mol. The van der Waals surface area contributed by atoms with E-state index in [2.05, 4.69) is 37.6 Å². The fourth-order valence-electron chi connectivity index (χ4n) is 4.23. The maximum absolute atomic E-state index is 13.6. The molecule has 0 unspecified atom stereocenters. The Morgan fingerprint density at radius 1 is 0.946 bits per heavy atom. The first-order valence-electron chi connectivity index (χ1n) is 13.6. The van der Waals surface area contributed by atoms with Crippen LogP contribution >= 0.6 is 0 Å². The molecule has 0 aliphatic heterocycles. The number of carbonyl (C=O) groups excluding carboxylic acids is 2. The highest BCUT2D eigenvalue weighted by atomic mass is 16.2. The number of amides is 1. The van der Waals surface area contributed by atoms with Crippen molar-refractivity contribution in [2.75, 3.05) is 25.0 Å². The number of hydrogen-bond acceptors (Lipinski definition) is 5. The lowest BCUT2D eigenvalue weighted by molar-refractivity contribution is 0.0740. The maximum atomic E-state index is 13.6. The molecule has 3 aromatic rings. The minimum atomic E-state index is 0.0357. The second kappa shape index (κ2) is 13.4. The van der Waals surface area contributed by atoms with Crippen molar-refractivity contribution < 1.29 is 9.59 Å². The molecule has 0 fully saturated rings. The molecule has 7 heteroatoms. The van der Waals surface area contributed by atoms with E-state index in [1.807, 2.05) is 47.4 Å². The molecule has 1 aromatic heterocycles. The summed E-state index contributed by atoms with van der Waals surface area (Å²) in [4.78, 5) is 32.1. The van der Waals surface area contributed by atoms with E-state index >= 15 is 0 Å². The van der Waals surface area contributed by atoms with Gasteiger partial charge in [0.15, 0.2) is 5.78 Å². The van der Waals surface area contributed by atoms with Crippen LogP contribution < -0.4 is 11.1 Å². The van der Waals surface area contributed by atoms with Gasteiger partial charge in [-0.25, -0.2) is 4.98 Å². The third-order valence-corrected chi connectivity index (χ3v) is 6.62. The van der Waals surface area contributed by atoms with Gasteiger partial charge >= 0.3 is 0 Å². The molecule has 0 spiro atoms. The first-order chi connectivity index (χ1) is 17.7. The second-order valence-corrected chi connectivity index (χ2v) is 10.7. The van der Waals surface area contributed by atoms with E-state index in [0.29, 0.717) is 35.5 Å². The van der Waals surface area contributed by atoms with Crippen LogP contribution in [-0.4, -0.2) is 45.8 Å². The van der Waals surface area contributed by atoms with Gasteiger partial charge < -0.3 is 20.5 Å². The number of aromatic nitrogens is 2. The number of Topliss-reactive ketones (excluding diaryl/α,β-unsaturated/α-hetero) is 1. The number of unbranched alkanes of at least 4 members (excludes halogenated alkanes) is 1. The summed E-state index contributed by atoms with van der Waals surface area (Å²) in [5.74, 6) is 1.91. The van der Waals surface area contributed by atoms with Crippen LogP contribution in [0.2, 0.25) is 0 Å². The molecule has 3 rings (SSSR count). The largest absolute Gasteiger partial charge is 0.339 e. The van der Waals surface area contributed by atoms with Gasteiger partial charge in [-0.1, -0.05) is 27.7 Å². The number of nitrogens with two attached hydrogens (primary N) is 1. The summed E-state index contributed by atoms with van der Waals surface area (Å²) in [6.07, 6.45) is 3.79. The van der Waals surface area contributed by atoms with Crippen LogP contribution in [0.5, 0.6) is 0 Å². The van der Waals surface area contributed by atoms with Gasteiger partial charge in [0.2, 0.25) is 5.95 Å². The van der Waals surface area contributed by atoms with E-state index in [-0.39, 0.29) is 11.7 Å². The Morgan fingerprint density at radius 3 is 2.14 bits per heavy atom. The number of anilines is 2. The first kappa shape index (κ1) is 28.4. The number of carbonyl (C=O) groups is 2. The van der Waals surface area contributed by atoms with Gasteiger partial charge in [-0.3, -0.25) is 9.59 Å². The van der Waals surface area contributed by atoms with Crippen molar-refractivity contribution in [3.63, 3.8) is 0 Å². The molecular formula is C30H43N5O2. The third kappa shape index (κ3) is 7.89. The van der Waals surface area contributed by atoms with Crippen LogP contribution in [0.4, 0.5) is 11.6 Å². The standard InChI is InChI=1S/C30H43N5O2/c1-21(2)14-18-34(19-15-22(3)4)29(37)25-10-13-27-28(20-25)35(17-7-6-16-31)30(33-27)32-26-11-8-24(9-12-26)23(5)36/h8-13,20-22H,6-7,14-19,31H2,1-5H3,(H,32,33). The topological polar surface area (TPSA) is 93.2 Å². The Morgan fingerprint density at radius 2 is 1.57 bits per heavy atom. The summed E-state index contributed by atoms with van der Waals surface area (Å²) in [6, 6.07) is 13.2. The number of nitrogens with one attached hydrogen (secondary N) is 1. The van der Waals surface area contributed by atoms with E-state index < -0.39 is 0 Å². The number of aryl methyl sites for hydroxylation is 1. The summed E-state index contributed by atoms with van der Waals surface area (Å²) in [7, 11) is 0. The van der Waals surface area contributed by atoms with Gasteiger partial charge in [-0.2, -0.15) is 0 Å². The number of fused-ring (bicyclic) bond motifs is 1. The van der Waals surface area contributed by atoms with Crippen molar-refractivity contribution in [3.8, 4) is 0 Å². The first-order valence-corrected chi connectivity index (χ1v) is 13.6. The zero-order valence-electron chi connectivity index (χ0n) is 23.1. The number of nitrogens with zero attached hydrogens (tertiary/aromatic N) is 3. The summed E-state index contributed by atoms with van der Waals surface area (Å²) in [5, 5.41) is 3.41. The second-order valence-electron chi connectivity index (χ2n) is 10.7. The molecule has 200 valence electrons. The molecule has 3 N–H and O–H groups in total. The SMILES string of the molecule is CC(=O)c1ccc(Nc2nc3ccc(C(=O)N(CCC(C)C)CCC(C)C)cc3n2CCCCN)cc1. The predicted octanol–water partition coefficient (Wildman–Crippen LogP) is 6.26. The normalized spacial score (nSPS) is 11.5. The number of hydrogen-bond donors (Lipinski definition) is 2. The monoisotopic (exact) mass is 505 g/mol. The summed E-state index contributed by atoms with van der Waals surface area (Å²) in [6.45, 7) is 13.2. The van der Waals surface area contributed by atoms with Crippen LogP contribution in [0, 0.1) is 11.8 Å². The number of benzene rings is 2. The molecule has 2 aromatic carbocycles. The van der Waals surface area contributed by atoms with E-state index in [4.69, 9.17) is 10.7 Å². The van der Waals surface area contributed by atoms with E-state index in [9.17, 15) is 9.59 Å². The molecule has 0 saturated heterocycles. The lowest BCUT2D eigenvalue weighted by Gasteiger charge is -2.24. The van der Waals surface area contributed by atoms with Crippen LogP contribution in [0.25, 0.3) is 11.0 Å². The van der Waals surface area contributed by atoms with Gasteiger partial charge in [0.05, 0.1) is 11.0 Å². The lowest BCUT2D eigenvalue weighted by Crippen LogP contribution is -2.34. The van der Waals surface area contributed by atoms with Gasteiger partial charge in [0, 0.05) is 36.4 Å². The van der Waals surface area contributed by atoms with Crippen molar-refractivity contribution in [1.29, 1.82) is 0 Å². The Balaban J connectivity index is 1.93. The van der Waals surface area contributed by atoms with Crippen LogP contribution in [0.1, 0.15) is 81.0 Å². The van der Waals surface area contributed by atoms with E-state index in [1.54, 1.807) is 6.92 Å². The van der Waals surface area contributed by atoms with Crippen LogP contribution in [-0.2, 0) is 6.54 Å². The molecule has 0 saturated carbocycles. The molecule has 0 aliphatic rings. The molecule has 0 radical (unpaired) electrons. The smallest absolute Gasteiger partial charge is 0.253 e. The van der Waals surface area contributed by atoms with Crippen molar-refractivity contribution >= 4 is 34.4 Å². The van der Waals surface area contributed by atoms with Gasteiger partial charge in [0.1, 0.15) is 0 Å². The Labute approximate surface area is 221 Å². The van der Waals surface area contributed by atoms with Crippen molar-refractivity contribution in [1.82, 2.24) is 14.5 Å². The van der Waals surface area contributed by atoms with E-state index in [1.165, 1.54) is 0 Å². The van der Waals surface area contributed by atoms with E-state index in [0.717, 1.165) is 62.0 Å². The maximum Gasteiger partial charge on any atom is 0.253 e. The molecule has 7 nitrogen and oxygen atoms in total. The van der Waals surface area contributed by atoms with Crippen molar-refractivity contribution in [3.05, 3.63) is 53.6 Å². The summed E-state index contributed by atoms with van der Waals surface area (Å²) >= 11 is 0. The highest BCUT2D eigenvalue weighted by Gasteiger charge is 2.19. The minimum absolute atomic E-state index is 0.0357.